The number of aromatic nitrogens is 3. The molecule has 1 aromatic carbocycles. The molecule has 1 saturated heterocycles. The van der Waals surface area contributed by atoms with E-state index in [-0.39, 0.29) is 5.75 Å². The number of halogens is 1. The van der Waals surface area contributed by atoms with Gasteiger partial charge in [0, 0.05) is 37.6 Å². The van der Waals surface area contributed by atoms with Crippen molar-refractivity contribution in [1.82, 2.24) is 19.5 Å². The Labute approximate surface area is 166 Å². The molecule has 3 heterocycles. The van der Waals surface area contributed by atoms with Crippen molar-refractivity contribution in [3.8, 4) is 5.75 Å². The topological polar surface area (TPSA) is 121 Å². The molecule has 0 spiro atoms. The number of β-amino-alcohol motifs (C(OH)–C–C–N with tert-alkyl or cyclic N) is 2. The second kappa shape index (κ2) is 7.91. The number of hydrogen-bond acceptors (Lipinski definition) is 8. The maximum absolute atomic E-state index is 13.7. The van der Waals surface area contributed by atoms with Gasteiger partial charge in [-0.2, -0.15) is 5.10 Å². The number of ether oxygens (including phenoxy) is 1. The minimum Gasteiger partial charge on any atom is -0.494 e. The molecule has 0 radical (unpaired) electrons. The Morgan fingerprint density at radius 2 is 2.03 bits per heavy atom. The Kier molecular flexibility index (Phi) is 5.33. The average molecular weight is 402 g/mol. The quantitative estimate of drug-likeness (QED) is 0.486. The SMILES string of the molecule is COc1cc(Nc2ncnn3ccc(CN4C[C@@H](O)C(N)[C@H](O)C4)c23)ccc1F. The molecule has 10 heteroatoms. The van der Waals surface area contributed by atoms with Crippen molar-refractivity contribution in [3.63, 3.8) is 0 Å². The first-order chi connectivity index (χ1) is 14.0. The first-order valence-corrected chi connectivity index (χ1v) is 9.22. The van der Waals surface area contributed by atoms with Gasteiger partial charge < -0.3 is 26.0 Å². The molecule has 9 nitrogen and oxygen atoms in total. The van der Waals surface area contributed by atoms with Gasteiger partial charge in [0.2, 0.25) is 0 Å². The van der Waals surface area contributed by atoms with E-state index >= 15 is 0 Å². The van der Waals surface area contributed by atoms with E-state index in [0.29, 0.717) is 31.1 Å². The van der Waals surface area contributed by atoms with Crippen molar-refractivity contribution >= 4 is 17.0 Å². The van der Waals surface area contributed by atoms with Crippen LogP contribution in [0.1, 0.15) is 5.56 Å². The second-order valence-corrected chi connectivity index (χ2v) is 7.12. The Balaban J connectivity index is 1.62. The van der Waals surface area contributed by atoms with Gasteiger partial charge in [0.05, 0.1) is 25.4 Å². The number of nitrogens with one attached hydrogen (secondary N) is 1. The summed E-state index contributed by atoms with van der Waals surface area (Å²) in [6.07, 6.45) is 1.64. The molecule has 1 fully saturated rings. The van der Waals surface area contributed by atoms with Crippen molar-refractivity contribution in [2.24, 2.45) is 5.73 Å². The standard InChI is InChI=1S/C19H23FN6O3/c1-29-16-6-12(2-3-13(16)20)24-19-18-11(4-5-26(18)23-10-22-19)7-25-8-14(27)17(21)15(28)9-25/h2-6,10,14-15,17,27-28H,7-9,21H2,1H3,(H,22,23,24)/t14-,15-/m1/s1. The molecule has 1 aliphatic heterocycles. The Morgan fingerprint density at radius 1 is 1.28 bits per heavy atom. The molecule has 3 aromatic rings. The third-order valence-electron chi connectivity index (χ3n) is 5.12. The molecule has 2 atom stereocenters. The summed E-state index contributed by atoms with van der Waals surface area (Å²) in [6.45, 7) is 1.20. The summed E-state index contributed by atoms with van der Waals surface area (Å²) in [5.41, 5.74) is 8.07. The van der Waals surface area contributed by atoms with Crippen LogP contribution in [0.3, 0.4) is 0 Å². The van der Waals surface area contributed by atoms with Gasteiger partial charge in [-0.05, 0) is 23.8 Å². The highest BCUT2D eigenvalue weighted by Crippen LogP contribution is 2.27. The van der Waals surface area contributed by atoms with E-state index in [4.69, 9.17) is 10.5 Å². The van der Waals surface area contributed by atoms with E-state index in [9.17, 15) is 14.6 Å². The number of nitrogens with zero attached hydrogens (tertiary/aromatic N) is 4. The number of anilines is 2. The van der Waals surface area contributed by atoms with Gasteiger partial charge in [-0.15, -0.1) is 0 Å². The average Bonchev–Trinajstić information content (AvgIpc) is 3.11. The molecule has 0 amide bonds. The second-order valence-electron chi connectivity index (χ2n) is 7.12. The van der Waals surface area contributed by atoms with Gasteiger partial charge in [-0.1, -0.05) is 0 Å². The van der Waals surface area contributed by atoms with Crippen LogP contribution in [0.4, 0.5) is 15.9 Å². The molecular formula is C19H23FN6O3. The van der Waals surface area contributed by atoms with Gasteiger partial charge in [0.15, 0.2) is 17.4 Å². The minimum absolute atomic E-state index is 0.128. The predicted molar refractivity (Wildman–Crippen MR) is 104 cm³/mol. The third-order valence-corrected chi connectivity index (χ3v) is 5.12. The van der Waals surface area contributed by atoms with E-state index in [1.54, 1.807) is 16.6 Å². The number of fused-ring (bicyclic) bond motifs is 1. The fourth-order valence-corrected chi connectivity index (χ4v) is 3.59. The summed E-state index contributed by atoms with van der Waals surface area (Å²) in [4.78, 5) is 6.27. The maximum atomic E-state index is 13.7. The van der Waals surface area contributed by atoms with Gasteiger partial charge in [0.25, 0.3) is 0 Å². The van der Waals surface area contributed by atoms with Crippen molar-refractivity contribution in [3.05, 3.63) is 48.2 Å². The van der Waals surface area contributed by atoms with E-state index in [1.165, 1.54) is 19.5 Å². The van der Waals surface area contributed by atoms with Gasteiger partial charge in [0.1, 0.15) is 11.8 Å². The van der Waals surface area contributed by atoms with Crippen LogP contribution in [-0.2, 0) is 6.54 Å². The molecule has 29 heavy (non-hydrogen) atoms. The van der Waals surface area contributed by atoms with Crippen molar-refractivity contribution in [1.29, 1.82) is 0 Å². The van der Waals surface area contributed by atoms with Crippen LogP contribution in [-0.4, -0.2) is 68.2 Å². The van der Waals surface area contributed by atoms with Crippen LogP contribution < -0.4 is 15.8 Å². The van der Waals surface area contributed by atoms with Crippen LogP contribution in [0.5, 0.6) is 5.75 Å². The van der Waals surface area contributed by atoms with Crippen molar-refractivity contribution in [2.75, 3.05) is 25.5 Å². The zero-order valence-electron chi connectivity index (χ0n) is 15.9. The van der Waals surface area contributed by atoms with Gasteiger partial charge >= 0.3 is 0 Å². The number of aliphatic hydroxyl groups excluding tert-OH is 2. The molecule has 154 valence electrons. The first-order valence-electron chi connectivity index (χ1n) is 9.22. The van der Waals surface area contributed by atoms with Gasteiger partial charge in [-0.3, -0.25) is 4.90 Å². The number of methoxy groups -OCH3 is 1. The molecule has 4 rings (SSSR count). The highest BCUT2D eigenvalue weighted by molar-refractivity contribution is 5.76. The van der Waals surface area contributed by atoms with Crippen LogP contribution in [0.2, 0.25) is 0 Å². The largest absolute Gasteiger partial charge is 0.494 e. The third kappa shape index (κ3) is 3.87. The summed E-state index contributed by atoms with van der Waals surface area (Å²) in [6, 6.07) is 5.73. The highest BCUT2D eigenvalue weighted by atomic mass is 19.1. The molecule has 0 unspecified atom stereocenters. The smallest absolute Gasteiger partial charge is 0.165 e. The van der Waals surface area contributed by atoms with E-state index in [2.05, 4.69) is 15.4 Å². The number of likely N-dealkylation sites (tertiary alicyclic amines) is 1. The first kappa shape index (κ1) is 19.5. The summed E-state index contributed by atoms with van der Waals surface area (Å²) < 4.78 is 20.4. The fourth-order valence-electron chi connectivity index (χ4n) is 3.59. The number of nitrogens with two attached hydrogens (primary N) is 1. The molecule has 0 saturated carbocycles. The fraction of sp³-hybridized carbons (Fsp3) is 0.368. The summed E-state index contributed by atoms with van der Waals surface area (Å²) in [7, 11) is 1.41. The van der Waals surface area contributed by atoms with Gasteiger partial charge in [-0.25, -0.2) is 13.9 Å². The van der Waals surface area contributed by atoms with E-state index in [0.717, 1.165) is 11.1 Å². The van der Waals surface area contributed by atoms with Crippen LogP contribution in [0, 0.1) is 5.82 Å². The maximum Gasteiger partial charge on any atom is 0.165 e. The molecule has 1 aliphatic rings. The Morgan fingerprint density at radius 3 is 2.76 bits per heavy atom. The highest BCUT2D eigenvalue weighted by Gasteiger charge is 2.32. The molecule has 0 aliphatic carbocycles. The van der Waals surface area contributed by atoms with Crippen molar-refractivity contribution < 1.29 is 19.3 Å². The predicted octanol–water partition coefficient (Wildman–Crippen LogP) is 0.485. The summed E-state index contributed by atoms with van der Waals surface area (Å²) >= 11 is 0. The lowest BCUT2D eigenvalue weighted by atomic mass is 9.99. The van der Waals surface area contributed by atoms with Crippen LogP contribution >= 0.6 is 0 Å². The number of aliphatic hydroxyl groups is 2. The number of hydrogen-bond donors (Lipinski definition) is 4. The lowest BCUT2D eigenvalue weighted by molar-refractivity contribution is -0.0289. The van der Waals surface area contributed by atoms with E-state index < -0.39 is 24.1 Å². The lowest BCUT2D eigenvalue weighted by Crippen LogP contribution is -2.58. The normalized spacial score (nSPS) is 20.9. The number of benzene rings is 1. The molecular weight excluding hydrogens is 379 g/mol. The van der Waals surface area contributed by atoms with Crippen LogP contribution in [0.15, 0.2) is 36.8 Å². The number of rotatable bonds is 5. The van der Waals surface area contributed by atoms with Crippen molar-refractivity contribution in [2.45, 2.75) is 24.8 Å². The lowest BCUT2D eigenvalue weighted by Gasteiger charge is -2.37. The van der Waals surface area contributed by atoms with Crippen LogP contribution in [0.25, 0.3) is 5.52 Å². The van der Waals surface area contributed by atoms with E-state index in [1.807, 2.05) is 17.2 Å². The Bertz CT molecular complexity index is 1000. The minimum atomic E-state index is -0.798. The molecule has 0 bridgehead atoms. The molecule has 2 aromatic heterocycles. The monoisotopic (exact) mass is 402 g/mol. The zero-order valence-corrected chi connectivity index (χ0v) is 15.9. The summed E-state index contributed by atoms with van der Waals surface area (Å²) in [5, 5.41) is 27.6. The zero-order chi connectivity index (χ0) is 20.5. The summed E-state index contributed by atoms with van der Waals surface area (Å²) in [5.74, 6) is 0.224. The molecule has 5 N–H and O–H groups in total. The Hall–Kier alpha value is -2.79. The number of piperidine rings is 1.